The Labute approximate surface area is 135 Å². The highest BCUT2D eigenvalue weighted by Gasteiger charge is 2.34. The van der Waals surface area contributed by atoms with E-state index in [-0.39, 0.29) is 18.2 Å². The normalized spacial score (nSPS) is 22.6. The van der Waals surface area contributed by atoms with Gasteiger partial charge in [0, 0.05) is 19.5 Å². The Kier molecular flexibility index (Phi) is 4.34. The summed E-state index contributed by atoms with van der Waals surface area (Å²) in [6, 6.07) is 5.57. The highest BCUT2D eigenvalue weighted by Crippen LogP contribution is 2.27. The van der Waals surface area contributed by atoms with Crippen molar-refractivity contribution in [2.45, 2.75) is 31.7 Å². The molecular weight excluding hydrogens is 296 g/mol. The van der Waals surface area contributed by atoms with Crippen molar-refractivity contribution >= 4 is 18.1 Å². The van der Waals surface area contributed by atoms with Crippen molar-refractivity contribution in [1.29, 1.82) is 0 Å². The maximum atomic E-state index is 12.3. The summed E-state index contributed by atoms with van der Waals surface area (Å²) in [6.07, 6.45) is 1.58. The Balaban J connectivity index is 1.59. The van der Waals surface area contributed by atoms with E-state index in [1.807, 2.05) is 18.2 Å². The number of esters is 1. The topological polar surface area (TPSA) is 67.9 Å². The van der Waals surface area contributed by atoms with Gasteiger partial charge >= 0.3 is 12.1 Å². The number of methoxy groups -OCH3 is 1. The van der Waals surface area contributed by atoms with Gasteiger partial charge in [0.05, 0.1) is 13.7 Å². The van der Waals surface area contributed by atoms with Crippen LogP contribution < -0.4 is 5.32 Å². The molecule has 0 radical (unpaired) electrons. The minimum atomic E-state index is -0.402. The summed E-state index contributed by atoms with van der Waals surface area (Å²) in [5.41, 5.74) is 3.29. The molecule has 0 aromatic heterocycles. The monoisotopic (exact) mass is 316 g/mol. The Morgan fingerprint density at radius 2 is 2.22 bits per heavy atom. The van der Waals surface area contributed by atoms with Crippen molar-refractivity contribution in [3.05, 3.63) is 41.5 Å². The molecule has 1 aromatic carbocycles. The lowest BCUT2D eigenvalue weighted by atomic mass is 10.0. The van der Waals surface area contributed by atoms with Crippen molar-refractivity contribution in [2.24, 2.45) is 0 Å². The molecule has 2 aliphatic rings. The van der Waals surface area contributed by atoms with Crippen LogP contribution in [0.25, 0.3) is 6.08 Å². The molecule has 0 spiro atoms. The van der Waals surface area contributed by atoms with Gasteiger partial charge in [0.1, 0.15) is 12.1 Å². The lowest BCUT2D eigenvalue weighted by molar-refractivity contribution is -0.142. The minimum Gasteiger partial charge on any atom is -0.468 e. The van der Waals surface area contributed by atoms with E-state index < -0.39 is 6.04 Å². The van der Waals surface area contributed by atoms with Crippen molar-refractivity contribution in [2.75, 3.05) is 13.7 Å². The maximum Gasteiger partial charge on any atom is 0.410 e. The number of carbonyl (C=O) groups excluding carboxylic acids is 2. The lowest BCUT2D eigenvalue weighted by Gasteiger charge is -2.18. The fourth-order valence-corrected chi connectivity index (χ4v) is 3.10. The van der Waals surface area contributed by atoms with Gasteiger partial charge in [-0.15, -0.1) is 0 Å². The number of amides is 1. The molecule has 1 N–H and O–H groups in total. The van der Waals surface area contributed by atoms with Crippen LogP contribution in [0.3, 0.4) is 0 Å². The average molecular weight is 316 g/mol. The van der Waals surface area contributed by atoms with Crippen LogP contribution >= 0.6 is 0 Å². The van der Waals surface area contributed by atoms with Crippen LogP contribution in [0.4, 0.5) is 4.79 Å². The molecule has 6 nitrogen and oxygen atoms in total. The Bertz CT molecular complexity index is 643. The molecule has 0 saturated carbocycles. The third-order valence-electron chi connectivity index (χ3n) is 4.34. The molecule has 3 rings (SSSR count). The predicted octanol–water partition coefficient (Wildman–Crippen LogP) is 1.69. The van der Waals surface area contributed by atoms with E-state index in [0.29, 0.717) is 26.1 Å². The standard InChI is InChI=1S/C17H20N2O4/c1-3-11-5-4-6-12-9-19(10-14(11)12)17(21)23-13-7-15(18-8-13)16(20)22-2/h3-6,13,15,18H,1,7-10H2,2H3. The molecule has 23 heavy (non-hydrogen) atoms. The van der Waals surface area contributed by atoms with E-state index in [2.05, 4.69) is 11.9 Å². The van der Waals surface area contributed by atoms with Gasteiger partial charge in [-0.25, -0.2) is 4.79 Å². The molecule has 1 saturated heterocycles. The molecule has 2 atom stereocenters. The van der Waals surface area contributed by atoms with Crippen LogP contribution in [0.1, 0.15) is 23.1 Å². The summed E-state index contributed by atoms with van der Waals surface area (Å²) in [6.45, 7) is 5.33. The molecule has 122 valence electrons. The van der Waals surface area contributed by atoms with Gasteiger partial charge < -0.3 is 14.8 Å². The zero-order chi connectivity index (χ0) is 16.4. The van der Waals surface area contributed by atoms with Crippen LogP contribution in [-0.4, -0.2) is 42.8 Å². The second kappa shape index (κ2) is 6.42. The first-order valence-corrected chi connectivity index (χ1v) is 7.62. The molecule has 1 aromatic rings. The molecule has 2 aliphatic heterocycles. The van der Waals surface area contributed by atoms with Crippen molar-refractivity contribution in [1.82, 2.24) is 10.2 Å². The SMILES string of the molecule is C=Cc1cccc2c1CN(C(=O)OC1CNC(C(=O)OC)C1)C2. The number of nitrogens with one attached hydrogen (secondary N) is 1. The van der Waals surface area contributed by atoms with E-state index in [9.17, 15) is 9.59 Å². The third-order valence-corrected chi connectivity index (χ3v) is 4.34. The Morgan fingerprint density at radius 3 is 2.96 bits per heavy atom. The van der Waals surface area contributed by atoms with Gasteiger partial charge in [-0.2, -0.15) is 0 Å². The second-order valence-corrected chi connectivity index (χ2v) is 5.77. The molecule has 0 bridgehead atoms. The summed E-state index contributed by atoms with van der Waals surface area (Å²) < 4.78 is 10.2. The van der Waals surface area contributed by atoms with Crippen LogP contribution in [0.5, 0.6) is 0 Å². The van der Waals surface area contributed by atoms with Crippen LogP contribution in [0, 0.1) is 0 Å². The van der Waals surface area contributed by atoms with Gasteiger partial charge in [-0.05, 0) is 16.7 Å². The highest BCUT2D eigenvalue weighted by atomic mass is 16.6. The van der Waals surface area contributed by atoms with Crippen LogP contribution in [0.2, 0.25) is 0 Å². The molecule has 0 aliphatic carbocycles. The first kappa shape index (κ1) is 15.6. The second-order valence-electron chi connectivity index (χ2n) is 5.77. The number of fused-ring (bicyclic) bond motifs is 1. The molecule has 2 heterocycles. The van der Waals surface area contributed by atoms with Crippen molar-refractivity contribution in [3.63, 3.8) is 0 Å². The summed E-state index contributed by atoms with van der Waals surface area (Å²) in [5, 5.41) is 3.01. The van der Waals surface area contributed by atoms with Crippen LogP contribution in [-0.2, 0) is 27.4 Å². The lowest BCUT2D eigenvalue weighted by Crippen LogP contribution is -2.31. The highest BCUT2D eigenvalue weighted by molar-refractivity contribution is 5.76. The van der Waals surface area contributed by atoms with E-state index >= 15 is 0 Å². The molecule has 1 amide bonds. The van der Waals surface area contributed by atoms with Gasteiger partial charge in [0.25, 0.3) is 0 Å². The fourth-order valence-electron chi connectivity index (χ4n) is 3.10. The van der Waals surface area contributed by atoms with Gasteiger partial charge in [0.2, 0.25) is 0 Å². The summed E-state index contributed by atoms with van der Waals surface area (Å²) >= 11 is 0. The molecule has 2 unspecified atom stereocenters. The van der Waals surface area contributed by atoms with Crippen LogP contribution in [0.15, 0.2) is 24.8 Å². The number of nitrogens with zero attached hydrogens (tertiary/aromatic N) is 1. The maximum absolute atomic E-state index is 12.3. The van der Waals surface area contributed by atoms with Crippen molar-refractivity contribution < 1.29 is 19.1 Å². The fraction of sp³-hybridized carbons (Fsp3) is 0.412. The number of benzene rings is 1. The van der Waals surface area contributed by atoms with E-state index in [4.69, 9.17) is 9.47 Å². The largest absolute Gasteiger partial charge is 0.468 e. The number of rotatable bonds is 3. The van der Waals surface area contributed by atoms with Gasteiger partial charge in [0.15, 0.2) is 0 Å². The third kappa shape index (κ3) is 3.07. The molecular formula is C17H20N2O4. The van der Waals surface area contributed by atoms with E-state index in [1.54, 1.807) is 11.0 Å². The quantitative estimate of drug-likeness (QED) is 0.860. The zero-order valence-electron chi connectivity index (χ0n) is 13.1. The number of carbonyl (C=O) groups is 2. The number of ether oxygens (including phenoxy) is 2. The Hall–Kier alpha value is -2.34. The predicted molar refractivity (Wildman–Crippen MR) is 84.5 cm³/mol. The van der Waals surface area contributed by atoms with Gasteiger partial charge in [-0.3, -0.25) is 9.69 Å². The number of hydrogen-bond acceptors (Lipinski definition) is 5. The molecule has 6 heteroatoms. The minimum absolute atomic E-state index is 0.311. The smallest absolute Gasteiger partial charge is 0.410 e. The Morgan fingerprint density at radius 1 is 1.39 bits per heavy atom. The van der Waals surface area contributed by atoms with Gasteiger partial charge in [-0.1, -0.05) is 30.9 Å². The van der Waals surface area contributed by atoms with E-state index in [0.717, 1.165) is 16.7 Å². The summed E-state index contributed by atoms with van der Waals surface area (Å²) in [5.74, 6) is -0.326. The molecule has 1 fully saturated rings. The first-order chi connectivity index (χ1) is 11.1. The average Bonchev–Trinajstić information content (AvgIpc) is 3.20. The summed E-state index contributed by atoms with van der Waals surface area (Å²) in [4.78, 5) is 25.5. The summed E-state index contributed by atoms with van der Waals surface area (Å²) in [7, 11) is 1.35. The first-order valence-electron chi connectivity index (χ1n) is 7.62. The zero-order valence-corrected chi connectivity index (χ0v) is 13.1. The number of hydrogen-bond donors (Lipinski definition) is 1. The van der Waals surface area contributed by atoms with Crippen molar-refractivity contribution in [3.8, 4) is 0 Å². The van der Waals surface area contributed by atoms with E-state index in [1.165, 1.54) is 7.11 Å².